The van der Waals surface area contributed by atoms with E-state index in [-0.39, 0.29) is 0 Å². The number of hydrogen-bond donors (Lipinski definition) is 0. The van der Waals surface area contributed by atoms with E-state index in [1.807, 2.05) is 49.5 Å². The molecule has 4 rings (SSSR count). The molecule has 128 valence electrons. The van der Waals surface area contributed by atoms with Crippen LogP contribution < -0.4 is 0 Å². The van der Waals surface area contributed by atoms with E-state index >= 15 is 0 Å². The second kappa shape index (κ2) is 7.03. The molecule has 3 heterocycles. The summed E-state index contributed by atoms with van der Waals surface area (Å²) in [5, 5.41) is 8.93. The van der Waals surface area contributed by atoms with Gasteiger partial charge in [0, 0.05) is 49.1 Å². The first-order valence-corrected chi connectivity index (χ1v) is 8.71. The van der Waals surface area contributed by atoms with Crippen LogP contribution in [0.15, 0.2) is 48.7 Å². The van der Waals surface area contributed by atoms with Crippen molar-refractivity contribution in [3.8, 4) is 17.3 Å². The zero-order chi connectivity index (χ0) is 17.9. The molecule has 0 fully saturated rings. The molecule has 1 aliphatic rings. The summed E-state index contributed by atoms with van der Waals surface area (Å²) in [7, 11) is 0. The van der Waals surface area contributed by atoms with E-state index in [4.69, 9.17) is 10.2 Å². The Bertz CT molecular complexity index is 972. The first-order valence-electron chi connectivity index (χ1n) is 8.71. The lowest BCUT2D eigenvalue weighted by Gasteiger charge is -2.27. The largest absolute Gasteiger partial charge is 0.293 e. The molecule has 5 heteroatoms. The fourth-order valence-electron chi connectivity index (χ4n) is 3.28. The summed E-state index contributed by atoms with van der Waals surface area (Å²) in [5.74, 6) is 0.842. The second-order valence-corrected chi connectivity index (χ2v) is 6.55. The summed E-state index contributed by atoms with van der Waals surface area (Å²) >= 11 is 0. The van der Waals surface area contributed by atoms with Gasteiger partial charge < -0.3 is 0 Å². The average molecular weight is 341 g/mol. The van der Waals surface area contributed by atoms with Crippen LogP contribution in [0.3, 0.4) is 0 Å². The molecule has 1 aromatic carbocycles. The molecule has 0 saturated heterocycles. The van der Waals surface area contributed by atoms with Crippen molar-refractivity contribution in [1.29, 1.82) is 5.26 Å². The van der Waals surface area contributed by atoms with Gasteiger partial charge in [-0.15, -0.1) is 0 Å². The van der Waals surface area contributed by atoms with E-state index in [1.54, 1.807) is 0 Å². The quantitative estimate of drug-likeness (QED) is 0.731. The number of rotatable bonds is 3. The van der Waals surface area contributed by atoms with Gasteiger partial charge in [0.05, 0.1) is 23.0 Å². The molecule has 0 aliphatic carbocycles. The van der Waals surface area contributed by atoms with Gasteiger partial charge in [-0.25, -0.2) is 9.97 Å². The number of nitriles is 1. The van der Waals surface area contributed by atoms with Gasteiger partial charge in [-0.1, -0.05) is 18.2 Å². The van der Waals surface area contributed by atoms with Crippen molar-refractivity contribution in [2.75, 3.05) is 6.54 Å². The summed E-state index contributed by atoms with van der Waals surface area (Å²) < 4.78 is 0. The molecular weight excluding hydrogens is 322 g/mol. The van der Waals surface area contributed by atoms with E-state index in [2.05, 4.69) is 27.0 Å². The van der Waals surface area contributed by atoms with Gasteiger partial charge in [-0.2, -0.15) is 5.26 Å². The summed E-state index contributed by atoms with van der Waals surface area (Å²) in [4.78, 5) is 16.1. The van der Waals surface area contributed by atoms with Crippen LogP contribution in [0.1, 0.15) is 28.3 Å². The van der Waals surface area contributed by atoms with Crippen molar-refractivity contribution in [2.45, 2.75) is 26.4 Å². The van der Waals surface area contributed by atoms with Crippen LogP contribution in [0.2, 0.25) is 0 Å². The number of aryl methyl sites for hydroxylation is 1. The summed E-state index contributed by atoms with van der Waals surface area (Å²) in [6.45, 7) is 4.58. The van der Waals surface area contributed by atoms with Crippen LogP contribution in [0.25, 0.3) is 11.3 Å². The smallest absolute Gasteiger partial charge is 0.125 e. The molecular formula is C21H19N5. The van der Waals surface area contributed by atoms with E-state index in [0.29, 0.717) is 5.56 Å². The Morgan fingerprint density at radius 1 is 1.12 bits per heavy atom. The van der Waals surface area contributed by atoms with Gasteiger partial charge in [0.1, 0.15) is 5.82 Å². The van der Waals surface area contributed by atoms with Gasteiger partial charge in [0.2, 0.25) is 0 Å². The molecule has 26 heavy (non-hydrogen) atoms. The van der Waals surface area contributed by atoms with Crippen LogP contribution in [0.5, 0.6) is 0 Å². The molecule has 3 aromatic rings. The third-order valence-electron chi connectivity index (χ3n) is 4.64. The van der Waals surface area contributed by atoms with Crippen LogP contribution in [-0.2, 0) is 19.5 Å². The fraction of sp³-hybridized carbons (Fsp3) is 0.238. The zero-order valence-corrected chi connectivity index (χ0v) is 14.7. The number of benzene rings is 1. The topological polar surface area (TPSA) is 65.7 Å². The molecule has 5 nitrogen and oxygen atoms in total. The molecule has 0 spiro atoms. The van der Waals surface area contributed by atoms with Crippen molar-refractivity contribution in [2.24, 2.45) is 0 Å². The lowest BCUT2D eigenvalue weighted by Crippen LogP contribution is -2.31. The number of pyridine rings is 1. The van der Waals surface area contributed by atoms with Crippen LogP contribution in [0, 0.1) is 18.3 Å². The SMILES string of the molecule is Cc1ncc2c(n1)CCN(Cc1cccc(-c3ccc(C#N)cc3)n1)C2. The van der Waals surface area contributed by atoms with Gasteiger partial charge in [-0.3, -0.25) is 9.88 Å². The molecule has 0 radical (unpaired) electrons. The Kier molecular flexibility index (Phi) is 4.42. The van der Waals surface area contributed by atoms with E-state index in [9.17, 15) is 0 Å². The maximum Gasteiger partial charge on any atom is 0.125 e. The highest BCUT2D eigenvalue weighted by atomic mass is 15.1. The van der Waals surface area contributed by atoms with Crippen LogP contribution >= 0.6 is 0 Å². The van der Waals surface area contributed by atoms with Crippen LogP contribution in [0.4, 0.5) is 0 Å². The van der Waals surface area contributed by atoms with Gasteiger partial charge >= 0.3 is 0 Å². The first kappa shape index (κ1) is 16.4. The van der Waals surface area contributed by atoms with Crippen LogP contribution in [-0.4, -0.2) is 26.4 Å². The second-order valence-electron chi connectivity index (χ2n) is 6.55. The monoisotopic (exact) mass is 341 g/mol. The van der Waals surface area contributed by atoms with Crippen molar-refractivity contribution < 1.29 is 0 Å². The summed E-state index contributed by atoms with van der Waals surface area (Å²) in [6, 6.07) is 15.8. The lowest BCUT2D eigenvalue weighted by atomic mass is 10.1. The third kappa shape index (κ3) is 3.46. The van der Waals surface area contributed by atoms with Crippen molar-refractivity contribution in [3.63, 3.8) is 0 Å². The highest BCUT2D eigenvalue weighted by molar-refractivity contribution is 5.60. The number of hydrogen-bond acceptors (Lipinski definition) is 5. The molecule has 0 amide bonds. The van der Waals surface area contributed by atoms with E-state index < -0.39 is 0 Å². The van der Waals surface area contributed by atoms with E-state index in [0.717, 1.165) is 48.8 Å². The minimum absolute atomic E-state index is 0.661. The molecule has 0 bridgehead atoms. The van der Waals surface area contributed by atoms with Crippen molar-refractivity contribution in [1.82, 2.24) is 19.9 Å². The fourth-order valence-corrected chi connectivity index (χ4v) is 3.28. The molecule has 2 aromatic heterocycles. The minimum atomic E-state index is 0.661. The standard InChI is InChI=1S/C21H19N5/c1-15-23-12-18-13-26(10-9-21(18)24-15)14-19-3-2-4-20(25-19)17-7-5-16(11-22)6-8-17/h2-8,12H,9-10,13-14H2,1H3. The Balaban J connectivity index is 1.50. The maximum absolute atomic E-state index is 8.93. The molecule has 1 aliphatic heterocycles. The van der Waals surface area contributed by atoms with Crippen molar-refractivity contribution >= 4 is 0 Å². The lowest BCUT2D eigenvalue weighted by molar-refractivity contribution is 0.240. The van der Waals surface area contributed by atoms with Gasteiger partial charge in [0.15, 0.2) is 0 Å². The Morgan fingerprint density at radius 3 is 2.77 bits per heavy atom. The average Bonchev–Trinajstić information content (AvgIpc) is 2.68. The van der Waals surface area contributed by atoms with E-state index in [1.165, 1.54) is 11.3 Å². The predicted molar refractivity (Wildman–Crippen MR) is 99.0 cm³/mol. The van der Waals surface area contributed by atoms with Gasteiger partial charge in [-0.05, 0) is 31.2 Å². The zero-order valence-electron chi connectivity index (χ0n) is 14.7. The highest BCUT2D eigenvalue weighted by Crippen LogP contribution is 2.21. The molecule has 0 atom stereocenters. The number of fused-ring (bicyclic) bond motifs is 1. The first-order chi connectivity index (χ1) is 12.7. The third-order valence-corrected chi connectivity index (χ3v) is 4.64. The minimum Gasteiger partial charge on any atom is -0.293 e. The Morgan fingerprint density at radius 2 is 1.96 bits per heavy atom. The van der Waals surface area contributed by atoms with Crippen molar-refractivity contribution in [3.05, 3.63) is 77.0 Å². The molecule has 0 unspecified atom stereocenters. The normalized spacial score (nSPS) is 13.8. The predicted octanol–water partition coefficient (Wildman–Crippen LogP) is 3.28. The van der Waals surface area contributed by atoms with Gasteiger partial charge in [0.25, 0.3) is 0 Å². The summed E-state index contributed by atoms with van der Waals surface area (Å²) in [5.41, 5.74) is 6.05. The summed E-state index contributed by atoms with van der Waals surface area (Å²) in [6.07, 6.45) is 2.90. The Hall–Kier alpha value is -3.10. The number of nitrogens with zero attached hydrogens (tertiary/aromatic N) is 5. The molecule has 0 N–H and O–H groups in total. The number of aromatic nitrogens is 3. The molecule has 0 saturated carbocycles. The highest BCUT2D eigenvalue weighted by Gasteiger charge is 2.18. The Labute approximate surface area is 153 Å². The maximum atomic E-state index is 8.93.